The largest absolute Gasteiger partial charge is 0.481 e. The summed E-state index contributed by atoms with van der Waals surface area (Å²) in [6.07, 6.45) is 1.63. The maximum Gasteiger partial charge on any atom is 0.312 e. The number of carboxylic acids is 1. The van der Waals surface area contributed by atoms with Crippen molar-refractivity contribution < 1.29 is 23.8 Å². The van der Waals surface area contributed by atoms with Crippen molar-refractivity contribution in [2.45, 2.75) is 25.4 Å². The number of ether oxygens (including phenoxy) is 1. The van der Waals surface area contributed by atoms with E-state index in [1.807, 2.05) is 0 Å². The molecule has 5 nitrogen and oxygen atoms in total. The molecule has 2 N–H and O–H groups in total. The summed E-state index contributed by atoms with van der Waals surface area (Å²) in [6.45, 7) is 5.42. The van der Waals surface area contributed by atoms with Gasteiger partial charge in [-0.15, -0.1) is 6.58 Å². The van der Waals surface area contributed by atoms with Gasteiger partial charge in [-0.2, -0.15) is 0 Å². The van der Waals surface area contributed by atoms with Crippen LogP contribution in [0.25, 0.3) is 0 Å². The summed E-state index contributed by atoms with van der Waals surface area (Å²) in [5.41, 5.74) is 0.425. The number of hydrogen-bond donors (Lipinski definition) is 2. The van der Waals surface area contributed by atoms with Crippen LogP contribution < -0.4 is 5.32 Å². The molecule has 1 aromatic carbocycles. The molecule has 6 heteroatoms. The highest BCUT2D eigenvalue weighted by atomic mass is 19.1. The Labute approximate surface area is 128 Å². The van der Waals surface area contributed by atoms with Gasteiger partial charge in [-0.3, -0.25) is 9.59 Å². The van der Waals surface area contributed by atoms with Crippen molar-refractivity contribution in [1.82, 2.24) is 5.32 Å². The Morgan fingerprint density at radius 1 is 1.41 bits per heavy atom. The molecule has 2 atom stereocenters. The van der Waals surface area contributed by atoms with Crippen molar-refractivity contribution in [1.29, 1.82) is 0 Å². The van der Waals surface area contributed by atoms with E-state index in [0.717, 1.165) is 0 Å². The Morgan fingerprint density at radius 2 is 2.05 bits per heavy atom. The summed E-state index contributed by atoms with van der Waals surface area (Å²) in [7, 11) is 0. The van der Waals surface area contributed by atoms with Crippen LogP contribution in [-0.4, -0.2) is 36.2 Å². The van der Waals surface area contributed by atoms with E-state index in [1.165, 1.54) is 24.3 Å². The number of carboxylic acid groups (broad SMARTS) is 1. The molecular formula is C16H20FNO4. The molecule has 1 amide bonds. The highest BCUT2D eigenvalue weighted by Gasteiger charge is 2.22. The van der Waals surface area contributed by atoms with Crippen molar-refractivity contribution in [3.63, 3.8) is 0 Å². The first-order valence-corrected chi connectivity index (χ1v) is 6.94. The molecule has 0 aliphatic carbocycles. The monoisotopic (exact) mass is 309 g/mol. The predicted octanol–water partition coefficient (Wildman–Crippen LogP) is 2.09. The number of amides is 1. The summed E-state index contributed by atoms with van der Waals surface area (Å²) in [5.74, 6) is -2.87. The quantitative estimate of drug-likeness (QED) is 0.541. The molecule has 0 aromatic heterocycles. The van der Waals surface area contributed by atoms with Crippen molar-refractivity contribution >= 4 is 11.9 Å². The molecule has 0 radical (unpaired) electrons. The molecule has 120 valence electrons. The lowest BCUT2D eigenvalue weighted by atomic mass is 9.99. The molecule has 1 rings (SSSR count). The van der Waals surface area contributed by atoms with Crippen molar-refractivity contribution in [2.24, 2.45) is 0 Å². The fourth-order valence-electron chi connectivity index (χ4n) is 1.79. The second-order valence-electron chi connectivity index (χ2n) is 4.78. The van der Waals surface area contributed by atoms with Crippen LogP contribution in [-0.2, 0) is 14.3 Å². The van der Waals surface area contributed by atoms with Gasteiger partial charge >= 0.3 is 5.97 Å². The van der Waals surface area contributed by atoms with E-state index >= 15 is 0 Å². The third kappa shape index (κ3) is 5.65. The van der Waals surface area contributed by atoms with Gasteiger partial charge < -0.3 is 15.2 Å². The molecule has 0 heterocycles. The Kier molecular flexibility index (Phi) is 7.25. The zero-order valence-corrected chi connectivity index (χ0v) is 12.4. The third-order valence-corrected chi connectivity index (χ3v) is 3.11. The molecule has 0 aliphatic rings. The summed E-state index contributed by atoms with van der Waals surface area (Å²) < 4.78 is 18.2. The number of nitrogens with one attached hydrogen (secondary N) is 1. The van der Waals surface area contributed by atoms with Crippen LogP contribution in [0.4, 0.5) is 4.39 Å². The maximum atomic E-state index is 12.9. The molecule has 0 saturated heterocycles. The summed E-state index contributed by atoms with van der Waals surface area (Å²) >= 11 is 0. The minimum atomic E-state index is -1.09. The number of benzene rings is 1. The van der Waals surface area contributed by atoms with Crippen LogP contribution in [0.3, 0.4) is 0 Å². The molecule has 1 aromatic rings. The zero-order chi connectivity index (χ0) is 16.5. The molecule has 0 bridgehead atoms. The van der Waals surface area contributed by atoms with Crippen LogP contribution >= 0.6 is 0 Å². The molecule has 0 spiro atoms. The van der Waals surface area contributed by atoms with Gasteiger partial charge in [0.25, 0.3) is 0 Å². The molecule has 0 fully saturated rings. The fraction of sp³-hybridized carbons (Fsp3) is 0.375. The molecular weight excluding hydrogens is 289 g/mol. The first-order valence-electron chi connectivity index (χ1n) is 6.94. The molecule has 0 saturated carbocycles. The molecule has 0 aliphatic heterocycles. The zero-order valence-electron chi connectivity index (χ0n) is 12.4. The Morgan fingerprint density at radius 3 is 2.59 bits per heavy atom. The predicted molar refractivity (Wildman–Crippen MR) is 80.0 cm³/mol. The average molecular weight is 309 g/mol. The van der Waals surface area contributed by atoms with Gasteiger partial charge in [-0.1, -0.05) is 18.2 Å². The Hall–Kier alpha value is -2.21. The van der Waals surface area contributed by atoms with E-state index in [0.29, 0.717) is 18.6 Å². The lowest BCUT2D eigenvalue weighted by Crippen LogP contribution is -2.38. The topological polar surface area (TPSA) is 75.6 Å². The minimum absolute atomic E-state index is 0.0883. The minimum Gasteiger partial charge on any atom is -0.481 e. The van der Waals surface area contributed by atoms with Crippen LogP contribution in [0.1, 0.15) is 24.8 Å². The lowest BCUT2D eigenvalue weighted by molar-refractivity contribution is -0.139. The van der Waals surface area contributed by atoms with E-state index in [2.05, 4.69) is 11.9 Å². The number of carbonyl (C=O) groups is 2. The maximum absolute atomic E-state index is 12.9. The Bertz CT molecular complexity index is 515. The van der Waals surface area contributed by atoms with Crippen LogP contribution in [0.15, 0.2) is 36.9 Å². The number of halogens is 1. The highest BCUT2D eigenvalue weighted by molar-refractivity contribution is 5.82. The first kappa shape index (κ1) is 17.8. The lowest BCUT2D eigenvalue weighted by Gasteiger charge is -2.17. The SMILES string of the molecule is C=CCCOC(C)C(=O)NCC(C(=O)O)c1ccc(F)cc1. The van der Waals surface area contributed by atoms with E-state index < -0.39 is 29.7 Å². The Balaban J connectivity index is 2.57. The summed E-state index contributed by atoms with van der Waals surface area (Å²) in [4.78, 5) is 23.1. The third-order valence-electron chi connectivity index (χ3n) is 3.11. The van der Waals surface area contributed by atoms with Crippen molar-refractivity contribution in [2.75, 3.05) is 13.2 Å². The van der Waals surface area contributed by atoms with Gasteiger partial charge in [0, 0.05) is 6.54 Å². The smallest absolute Gasteiger partial charge is 0.312 e. The van der Waals surface area contributed by atoms with Gasteiger partial charge in [-0.25, -0.2) is 4.39 Å². The van der Waals surface area contributed by atoms with E-state index in [4.69, 9.17) is 4.74 Å². The van der Waals surface area contributed by atoms with Crippen molar-refractivity contribution in [3.05, 3.63) is 48.3 Å². The van der Waals surface area contributed by atoms with E-state index in [9.17, 15) is 19.1 Å². The number of carbonyl (C=O) groups excluding carboxylic acids is 1. The van der Waals surface area contributed by atoms with Crippen molar-refractivity contribution in [3.8, 4) is 0 Å². The summed E-state index contributed by atoms with van der Waals surface area (Å²) in [6, 6.07) is 5.16. The van der Waals surface area contributed by atoms with E-state index in [-0.39, 0.29) is 6.54 Å². The number of hydrogen-bond acceptors (Lipinski definition) is 3. The van der Waals surface area contributed by atoms with Crippen LogP contribution in [0.5, 0.6) is 0 Å². The molecule has 2 unspecified atom stereocenters. The number of rotatable bonds is 9. The fourth-order valence-corrected chi connectivity index (χ4v) is 1.79. The first-order chi connectivity index (χ1) is 10.5. The van der Waals surface area contributed by atoms with Gasteiger partial charge in [0.2, 0.25) is 5.91 Å². The normalized spacial score (nSPS) is 13.2. The standard InChI is InChI=1S/C16H20FNO4/c1-3-4-9-22-11(2)15(19)18-10-14(16(20)21)12-5-7-13(17)8-6-12/h3,5-8,11,14H,1,4,9-10H2,2H3,(H,18,19)(H,20,21). The van der Waals surface area contributed by atoms with Gasteiger partial charge in [0.15, 0.2) is 0 Å². The van der Waals surface area contributed by atoms with Gasteiger partial charge in [0.05, 0.1) is 12.5 Å². The van der Waals surface area contributed by atoms with Crippen LogP contribution in [0, 0.1) is 5.82 Å². The number of aliphatic carboxylic acids is 1. The van der Waals surface area contributed by atoms with E-state index in [1.54, 1.807) is 13.0 Å². The second kappa shape index (κ2) is 8.94. The molecule has 22 heavy (non-hydrogen) atoms. The van der Waals surface area contributed by atoms with Gasteiger partial charge in [0.1, 0.15) is 11.9 Å². The van der Waals surface area contributed by atoms with Gasteiger partial charge in [-0.05, 0) is 31.0 Å². The van der Waals surface area contributed by atoms with Crippen LogP contribution in [0.2, 0.25) is 0 Å². The average Bonchev–Trinajstić information content (AvgIpc) is 2.48. The highest BCUT2D eigenvalue weighted by Crippen LogP contribution is 2.16. The second-order valence-corrected chi connectivity index (χ2v) is 4.78. The summed E-state index contributed by atoms with van der Waals surface area (Å²) in [5, 5.41) is 11.8.